The molecule has 9 nitrogen and oxygen atoms in total. The average Bonchev–Trinajstić information content (AvgIpc) is 2.60. The second-order valence-electron chi connectivity index (χ2n) is 5.21. The molecule has 2 aromatic rings. The highest BCUT2D eigenvalue weighted by Gasteiger charge is 2.08. The Labute approximate surface area is 148 Å². The van der Waals surface area contributed by atoms with E-state index in [0.29, 0.717) is 16.9 Å². The molecule has 2 aromatic carbocycles. The summed E-state index contributed by atoms with van der Waals surface area (Å²) in [4.78, 5) is 33.4. The van der Waals surface area contributed by atoms with Crippen LogP contribution in [0.4, 0.5) is 11.4 Å². The maximum Gasteiger partial charge on any atom is 0.305 e. The maximum atomic E-state index is 11.8. The van der Waals surface area contributed by atoms with E-state index in [9.17, 15) is 19.5 Å². The molecular weight excluding hydrogens is 340 g/mol. The molecule has 2 amide bonds. The normalized spacial score (nSPS) is 10.6. The third kappa shape index (κ3) is 5.13. The summed E-state index contributed by atoms with van der Waals surface area (Å²) in [5.74, 6) is -2.40. The van der Waals surface area contributed by atoms with Crippen LogP contribution in [-0.2, 0) is 4.79 Å². The highest BCUT2D eigenvalue weighted by Crippen LogP contribution is 2.24. The molecule has 0 unspecified atom stereocenters. The van der Waals surface area contributed by atoms with Crippen molar-refractivity contribution < 1.29 is 24.6 Å². The van der Waals surface area contributed by atoms with E-state index in [-0.39, 0.29) is 30.2 Å². The molecule has 0 aliphatic heterocycles. The largest absolute Gasteiger partial charge is 0.507 e. The van der Waals surface area contributed by atoms with E-state index in [0.717, 1.165) is 0 Å². The average molecular weight is 356 g/mol. The molecule has 0 aromatic heterocycles. The molecular formula is C17H16N4O5. The molecule has 0 aliphatic carbocycles. The van der Waals surface area contributed by atoms with Crippen molar-refractivity contribution in [2.75, 3.05) is 6.54 Å². The summed E-state index contributed by atoms with van der Waals surface area (Å²) in [5.41, 5.74) is 6.23. The second kappa shape index (κ2) is 8.38. The van der Waals surface area contributed by atoms with Crippen LogP contribution >= 0.6 is 0 Å². The minimum atomic E-state index is -0.991. The van der Waals surface area contributed by atoms with Gasteiger partial charge in [0.1, 0.15) is 5.75 Å². The van der Waals surface area contributed by atoms with Crippen LogP contribution in [0.3, 0.4) is 0 Å². The predicted octanol–water partition coefficient (Wildman–Crippen LogP) is 2.11. The Morgan fingerprint density at radius 2 is 1.62 bits per heavy atom. The fourth-order valence-electron chi connectivity index (χ4n) is 1.96. The van der Waals surface area contributed by atoms with Gasteiger partial charge in [0, 0.05) is 12.1 Å². The fraction of sp³-hybridized carbons (Fsp3) is 0.118. The molecule has 0 aliphatic rings. The van der Waals surface area contributed by atoms with E-state index in [4.69, 9.17) is 10.8 Å². The van der Waals surface area contributed by atoms with Crippen LogP contribution in [-0.4, -0.2) is 34.5 Å². The van der Waals surface area contributed by atoms with Gasteiger partial charge in [-0.15, -0.1) is 0 Å². The number of hydrogen-bond acceptors (Lipinski definition) is 6. The first kappa shape index (κ1) is 18.6. The van der Waals surface area contributed by atoms with Crippen LogP contribution in [0.5, 0.6) is 5.75 Å². The smallest absolute Gasteiger partial charge is 0.305 e. The second-order valence-corrected chi connectivity index (χ2v) is 5.21. The number of aromatic hydroxyl groups is 1. The lowest BCUT2D eigenvalue weighted by molar-refractivity contribution is -0.136. The number of phenols is 1. The van der Waals surface area contributed by atoms with Gasteiger partial charge in [-0.25, -0.2) is 0 Å². The van der Waals surface area contributed by atoms with Gasteiger partial charge in [-0.1, -0.05) is 0 Å². The third-order valence-electron chi connectivity index (χ3n) is 3.28. The highest BCUT2D eigenvalue weighted by atomic mass is 16.4. The number of primary amides is 1. The standard InChI is InChI=1S/C17H16N4O5/c18-16(25)13-9-12(5-6-14(13)22)21-20-11-3-1-10(2-4-11)17(26)19-8-7-15(23)24/h1-6,9,22H,7-8H2,(H2,18,25)(H,19,26)(H,23,24). The number of hydrogen-bond donors (Lipinski definition) is 4. The van der Waals surface area contributed by atoms with E-state index in [1.165, 1.54) is 30.3 Å². The summed E-state index contributed by atoms with van der Waals surface area (Å²) < 4.78 is 0. The van der Waals surface area contributed by atoms with E-state index < -0.39 is 11.9 Å². The molecule has 0 saturated heterocycles. The molecule has 0 heterocycles. The topological polar surface area (TPSA) is 154 Å². The molecule has 5 N–H and O–H groups in total. The van der Waals surface area contributed by atoms with Crippen molar-refractivity contribution in [1.29, 1.82) is 0 Å². The van der Waals surface area contributed by atoms with Gasteiger partial charge in [0.2, 0.25) is 0 Å². The third-order valence-corrected chi connectivity index (χ3v) is 3.28. The van der Waals surface area contributed by atoms with Gasteiger partial charge in [-0.05, 0) is 42.5 Å². The maximum absolute atomic E-state index is 11.8. The van der Waals surface area contributed by atoms with Crippen molar-refractivity contribution in [3.05, 3.63) is 53.6 Å². The van der Waals surface area contributed by atoms with Crippen LogP contribution in [0.2, 0.25) is 0 Å². The molecule has 0 atom stereocenters. The number of rotatable bonds is 7. The summed E-state index contributed by atoms with van der Waals surface area (Å²) >= 11 is 0. The van der Waals surface area contributed by atoms with Crippen LogP contribution in [0.15, 0.2) is 52.7 Å². The summed E-state index contributed by atoms with van der Waals surface area (Å²) in [6, 6.07) is 10.2. The number of azo groups is 1. The van der Waals surface area contributed by atoms with Gasteiger partial charge >= 0.3 is 5.97 Å². The van der Waals surface area contributed by atoms with Crippen molar-refractivity contribution >= 4 is 29.2 Å². The predicted molar refractivity (Wildman–Crippen MR) is 91.8 cm³/mol. The van der Waals surface area contributed by atoms with Crippen molar-refractivity contribution in [3.63, 3.8) is 0 Å². The summed E-state index contributed by atoms with van der Waals surface area (Å²) in [7, 11) is 0. The first-order chi connectivity index (χ1) is 12.4. The van der Waals surface area contributed by atoms with E-state index in [1.807, 2.05) is 0 Å². The van der Waals surface area contributed by atoms with E-state index in [1.54, 1.807) is 12.1 Å². The van der Waals surface area contributed by atoms with Gasteiger partial charge in [-0.3, -0.25) is 14.4 Å². The number of benzene rings is 2. The highest BCUT2D eigenvalue weighted by molar-refractivity contribution is 5.96. The molecule has 9 heteroatoms. The zero-order chi connectivity index (χ0) is 19.1. The number of nitrogens with zero attached hydrogens (tertiary/aromatic N) is 2. The Kier molecular flexibility index (Phi) is 5.99. The number of carboxylic acids is 1. The van der Waals surface area contributed by atoms with E-state index in [2.05, 4.69) is 15.5 Å². The van der Waals surface area contributed by atoms with Crippen LogP contribution in [0.1, 0.15) is 27.1 Å². The molecule has 26 heavy (non-hydrogen) atoms. The summed E-state index contributed by atoms with van der Waals surface area (Å²) in [6.07, 6.45) is -0.155. The Bertz CT molecular complexity index is 862. The number of aliphatic carboxylic acids is 1. The quantitative estimate of drug-likeness (QED) is 0.559. The van der Waals surface area contributed by atoms with E-state index >= 15 is 0 Å². The number of carboxylic acid groups (broad SMARTS) is 1. The molecule has 0 fully saturated rings. The SMILES string of the molecule is NC(=O)c1cc(N=Nc2ccc(C(=O)NCCC(=O)O)cc2)ccc1O. The van der Waals surface area contributed by atoms with Crippen molar-refractivity contribution in [3.8, 4) is 5.75 Å². The van der Waals surface area contributed by atoms with Crippen LogP contribution < -0.4 is 11.1 Å². The van der Waals surface area contributed by atoms with Gasteiger partial charge in [-0.2, -0.15) is 10.2 Å². The van der Waals surface area contributed by atoms with Crippen LogP contribution in [0.25, 0.3) is 0 Å². The number of carbonyl (C=O) groups is 3. The Morgan fingerprint density at radius 1 is 1.00 bits per heavy atom. The monoisotopic (exact) mass is 356 g/mol. The number of carbonyl (C=O) groups excluding carboxylic acids is 2. The minimum Gasteiger partial charge on any atom is -0.507 e. The summed E-state index contributed by atoms with van der Waals surface area (Å²) in [6.45, 7) is 0.0404. The van der Waals surface area contributed by atoms with Crippen molar-refractivity contribution in [2.24, 2.45) is 16.0 Å². The fourth-order valence-corrected chi connectivity index (χ4v) is 1.96. The molecule has 0 spiro atoms. The number of amides is 2. The number of nitrogens with two attached hydrogens (primary N) is 1. The Hall–Kier alpha value is -3.75. The lowest BCUT2D eigenvalue weighted by Gasteiger charge is -2.03. The Balaban J connectivity index is 2.04. The van der Waals surface area contributed by atoms with Crippen molar-refractivity contribution in [2.45, 2.75) is 6.42 Å². The van der Waals surface area contributed by atoms with Gasteiger partial charge in [0.05, 0.1) is 23.4 Å². The zero-order valence-corrected chi connectivity index (χ0v) is 13.5. The van der Waals surface area contributed by atoms with Gasteiger partial charge in [0.15, 0.2) is 0 Å². The lowest BCUT2D eigenvalue weighted by Crippen LogP contribution is -2.25. The minimum absolute atomic E-state index is 0.0404. The zero-order valence-electron chi connectivity index (χ0n) is 13.5. The first-order valence-corrected chi connectivity index (χ1v) is 7.51. The van der Waals surface area contributed by atoms with Gasteiger partial charge in [0.25, 0.3) is 11.8 Å². The summed E-state index contributed by atoms with van der Waals surface area (Å²) in [5, 5.41) is 28.5. The molecule has 2 rings (SSSR count). The number of nitrogens with one attached hydrogen (secondary N) is 1. The molecule has 0 radical (unpaired) electrons. The molecule has 0 saturated carbocycles. The molecule has 134 valence electrons. The molecule has 0 bridgehead atoms. The Morgan fingerprint density at radius 3 is 2.23 bits per heavy atom. The van der Waals surface area contributed by atoms with Crippen LogP contribution in [0, 0.1) is 0 Å². The lowest BCUT2D eigenvalue weighted by atomic mass is 10.1. The van der Waals surface area contributed by atoms with Gasteiger partial charge < -0.3 is 21.3 Å². The van der Waals surface area contributed by atoms with Crippen molar-refractivity contribution in [1.82, 2.24) is 5.32 Å². The first-order valence-electron chi connectivity index (χ1n) is 7.51.